The summed E-state index contributed by atoms with van der Waals surface area (Å²) in [6.45, 7) is 6.05. The fourth-order valence-corrected chi connectivity index (χ4v) is 4.79. The highest BCUT2D eigenvalue weighted by Crippen LogP contribution is 2.34. The Morgan fingerprint density at radius 3 is 2.91 bits per heavy atom. The summed E-state index contributed by atoms with van der Waals surface area (Å²) in [4.78, 5) is 11.7. The van der Waals surface area contributed by atoms with Crippen LogP contribution in [0.4, 0.5) is 8.78 Å². The third kappa shape index (κ3) is 3.87. The Kier molecular flexibility index (Phi) is 5.83. The highest BCUT2D eigenvalue weighted by atomic mass is 19.1. The van der Waals surface area contributed by atoms with E-state index >= 15 is 0 Å². The Hall–Kier alpha value is -2.56. The van der Waals surface area contributed by atoms with Gasteiger partial charge in [0, 0.05) is 43.8 Å². The summed E-state index contributed by atoms with van der Waals surface area (Å²) in [5, 5.41) is 8.45. The van der Waals surface area contributed by atoms with Gasteiger partial charge >= 0.3 is 0 Å². The maximum absolute atomic E-state index is 14.2. The van der Waals surface area contributed by atoms with Crippen molar-refractivity contribution in [3.63, 3.8) is 0 Å². The van der Waals surface area contributed by atoms with Gasteiger partial charge in [-0.3, -0.25) is 9.89 Å². The summed E-state index contributed by atoms with van der Waals surface area (Å²) in [6.07, 6.45) is 0.875. The smallest absolute Gasteiger partial charge is 0.212 e. The minimum atomic E-state index is -0.653. The van der Waals surface area contributed by atoms with Gasteiger partial charge in [-0.25, -0.2) is 13.8 Å². The molecule has 0 amide bonds. The van der Waals surface area contributed by atoms with Gasteiger partial charge in [-0.1, -0.05) is 0 Å². The van der Waals surface area contributed by atoms with Crippen LogP contribution in [0.15, 0.2) is 33.4 Å². The van der Waals surface area contributed by atoms with Crippen LogP contribution in [0.2, 0.25) is 0 Å². The van der Waals surface area contributed by atoms with Gasteiger partial charge in [0.2, 0.25) is 5.84 Å². The molecule has 5 rings (SSSR count). The van der Waals surface area contributed by atoms with E-state index in [0.29, 0.717) is 38.5 Å². The monoisotopic (exact) mass is 443 g/mol. The maximum Gasteiger partial charge on any atom is 0.212 e. The van der Waals surface area contributed by atoms with Gasteiger partial charge in [-0.05, 0) is 38.0 Å². The first-order valence-electron chi connectivity index (χ1n) is 11.1. The zero-order valence-corrected chi connectivity index (χ0v) is 18.0. The molecule has 0 saturated carbocycles. The van der Waals surface area contributed by atoms with E-state index in [4.69, 9.17) is 15.5 Å². The molecule has 1 saturated heterocycles. The topological polar surface area (TPSA) is 93.4 Å². The molecule has 10 heteroatoms. The quantitative estimate of drug-likeness (QED) is 0.786. The summed E-state index contributed by atoms with van der Waals surface area (Å²) in [6, 6.07) is 3.05. The third-order valence-corrected chi connectivity index (χ3v) is 6.40. The lowest BCUT2D eigenvalue weighted by molar-refractivity contribution is -0.0535. The van der Waals surface area contributed by atoms with Gasteiger partial charge in [0.25, 0.3) is 0 Å². The van der Waals surface area contributed by atoms with E-state index in [1.54, 1.807) is 0 Å². The summed E-state index contributed by atoms with van der Waals surface area (Å²) in [5.74, 6) is 0.395. The van der Waals surface area contributed by atoms with Crippen molar-refractivity contribution in [3.8, 4) is 0 Å². The molecule has 0 radical (unpaired) electrons. The number of nitrogens with two attached hydrogens (primary N) is 1. The summed E-state index contributed by atoms with van der Waals surface area (Å²) in [7, 11) is 0. The molecule has 3 aliphatic rings. The van der Waals surface area contributed by atoms with Crippen molar-refractivity contribution in [2.75, 3.05) is 19.7 Å². The van der Waals surface area contributed by atoms with Crippen LogP contribution in [-0.2, 0) is 24.4 Å². The van der Waals surface area contributed by atoms with Crippen molar-refractivity contribution in [2.45, 2.75) is 57.6 Å². The maximum atomic E-state index is 14.2. The third-order valence-electron chi connectivity index (χ3n) is 6.40. The first-order valence-corrected chi connectivity index (χ1v) is 11.1. The van der Waals surface area contributed by atoms with Gasteiger partial charge < -0.3 is 15.0 Å². The minimum Gasteiger partial charge on any atom is -0.370 e. The number of nitrogens with zero attached hydrogens (tertiary/aromatic N) is 6. The number of ether oxygens (including phenoxy) is 1. The molecule has 0 spiro atoms. The number of benzene rings is 1. The SMILES string of the molecule is CCn1c(C2=NCCCN=N2)nc2c1CN([C@H]1CO[C@H](c3cc(F)ccc3F)[C@@H](N)C1)C2. The van der Waals surface area contributed by atoms with Gasteiger partial charge in [-0.15, -0.1) is 5.11 Å². The van der Waals surface area contributed by atoms with Gasteiger partial charge in [0.1, 0.15) is 17.7 Å². The van der Waals surface area contributed by atoms with Crippen molar-refractivity contribution in [3.05, 3.63) is 52.6 Å². The molecule has 2 N–H and O–H groups in total. The number of halogens is 2. The summed E-state index contributed by atoms with van der Waals surface area (Å²) in [5.41, 5.74) is 8.70. The zero-order valence-electron chi connectivity index (χ0n) is 18.0. The van der Waals surface area contributed by atoms with E-state index in [1.165, 1.54) is 6.07 Å². The Bertz CT molecular complexity index is 1070. The number of imidazole rings is 1. The standard InChI is InChI=1S/C22H27F2N7O/c1-2-31-19-11-30(10-18(19)28-22(31)21-26-6-3-7-27-29-21)14-9-17(25)20(32-12-14)15-8-13(23)4-5-16(15)24/h4-5,8,14,17,20H,2-3,6-7,9-12,25H2,1H3/t14-,17+,20-/m1/s1. The van der Waals surface area contributed by atoms with Crippen LogP contribution < -0.4 is 5.73 Å². The van der Waals surface area contributed by atoms with Crippen LogP contribution in [0.5, 0.6) is 0 Å². The molecule has 0 unspecified atom stereocenters. The van der Waals surface area contributed by atoms with Crippen LogP contribution in [0, 0.1) is 11.6 Å². The van der Waals surface area contributed by atoms with E-state index in [0.717, 1.165) is 48.9 Å². The van der Waals surface area contributed by atoms with Crippen LogP contribution in [0.1, 0.15) is 48.6 Å². The average molecular weight is 444 g/mol. The first-order chi connectivity index (χ1) is 15.5. The van der Waals surface area contributed by atoms with E-state index < -0.39 is 23.8 Å². The molecule has 2 aromatic rings. The predicted molar refractivity (Wildman–Crippen MR) is 114 cm³/mol. The molecular weight excluding hydrogens is 416 g/mol. The van der Waals surface area contributed by atoms with Crippen LogP contribution in [-0.4, -0.2) is 52.1 Å². The second-order valence-electron chi connectivity index (χ2n) is 8.48. The molecule has 3 aliphatic heterocycles. The molecule has 8 nitrogen and oxygen atoms in total. The Morgan fingerprint density at radius 1 is 1.22 bits per heavy atom. The predicted octanol–water partition coefficient (Wildman–Crippen LogP) is 2.96. The first kappa shape index (κ1) is 21.3. The largest absolute Gasteiger partial charge is 0.370 e. The van der Waals surface area contributed by atoms with Crippen molar-refractivity contribution < 1.29 is 13.5 Å². The van der Waals surface area contributed by atoms with Gasteiger partial charge in [-0.2, -0.15) is 5.11 Å². The van der Waals surface area contributed by atoms with E-state index in [-0.39, 0.29) is 11.6 Å². The lowest BCUT2D eigenvalue weighted by atomic mass is 9.93. The Labute approximate surface area is 185 Å². The Balaban J connectivity index is 1.30. The highest BCUT2D eigenvalue weighted by Gasteiger charge is 2.38. The number of hydrogen-bond acceptors (Lipinski definition) is 7. The number of hydrogen-bond donors (Lipinski definition) is 1. The van der Waals surface area contributed by atoms with Gasteiger partial charge in [0.15, 0.2) is 5.82 Å². The fraction of sp³-hybridized carbons (Fsp3) is 0.545. The Morgan fingerprint density at radius 2 is 2.09 bits per heavy atom. The zero-order chi connectivity index (χ0) is 22.2. The molecule has 32 heavy (non-hydrogen) atoms. The summed E-state index contributed by atoms with van der Waals surface area (Å²) < 4.78 is 36.0. The van der Waals surface area contributed by atoms with E-state index in [1.807, 2.05) is 0 Å². The fourth-order valence-electron chi connectivity index (χ4n) is 4.79. The number of amidine groups is 1. The van der Waals surface area contributed by atoms with E-state index in [9.17, 15) is 8.78 Å². The molecule has 0 aliphatic carbocycles. The van der Waals surface area contributed by atoms with Crippen molar-refractivity contribution in [2.24, 2.45) is 21.0 Å². The molecule has 3 atom stereocenters. The lowest BCUT2D eigenvalue weighted by Gasteiger charge is -2.38. The van der Waals surface area contributed by atoms with Gasteiger partial charge in [0.05, 0.1) is 24.5 Å². The molecule has 1 aromatic carbocycles. The van der Waals surface area contributed by atoms with Crippen LogP contribution >= 0.6 is 0 Å². The van der Waals surface area contributed by atoms with Crippen molar-refractivity contribution in [1.82, 2.24) is 14.5 Å². The second kappa shape index (κ2) is 8.76. The van der Waals surface area contributed by atoms with E-state index in [2.05, 4.69) is 31.6 Å². The van der Waals surface area contributed by atoms with Crippen molar-refractivity contribution in [1.29, 1.82) is 0 Å². The lowest BCUT2D eigenvalue weighted by Crippen LogP contribution is -2.48. The molecule has 1 fully saturated rings. The molecule has 1 aromatic heterocycles. The average Bonchev–Trinajstić information content (AvgIpc) is 3.22. The number of rotatable bonds is 4. The molecule has 4 heterocycles. The molecular formula is C22H27F2N7O. The highest BCUT2D eigenvalue weighted by molar-refractivity contribution is 5.96. The minimum absolute atomic E-state index is 0.0794. The van der Waals surface area contributed by atoms with Crippen molar-refractivity contribution >= 4 is 5.84 Å². The second-order valence-corrected chi connectivity index (χ2v) is 8.48. The molecule has 170 valence electrons. The van der Waals surface area contributed by atoms with Crippen LogP contribution in [0.25, 0.3) is 0 Å². The molecule has 0 bridgehead atoms. The number of azo groups is 1. The number of fused-ring (bicyclic) bond motifs is 1. The normalized spacial score (nSPS) is 26.1. The van der Waals surface area contributed by atoms with Crippen LogP contribution in [0.3, 0.4) is 0 Å². The number of aromatic nitrogens is 2. The summed E-state index contributed by atoms with van der Waals surface area (Å²) >= 11 is 0. The number of aliphatic imine (C=N–C) groups is 1.